The summed E-state index contributed by atoms with van der Waals surface area (Å²) in [5, 5.41) is 6.38. The molecule has 26 heavy (non-hydrogen) atoms. The Morgan fingerprint density at radius 2 is 1.77 bits per heavy atom. The lowest BCUT2D eigenvalue weighted by molar-refractivity contribution is -0.134. The molecule has 1 spiro atoms. The van der Waals surface area contributed by atoms with Gasteiger partial charge in [-0.25, -0.2) is 4.39 Å². The number of hydrogen-bond donors (Lipinski definition) is 2. The number of carbonyl (C=O) groups excluding carboxylic acids is 2. The average molecular weight is 359 g/mol. The molecule has 0 radical (unpaired) electrons. The molecule has 140 valence electrons. The number of nitrogens with one attached hydrogen (secondary N) is 2. The van der Waals surface area contributed by atoms with E-state index in [9.17, 15) is 14.0 Å². The molecule has 1 aromatic carbocycles. The van der Waals surface area contributed by atoms with Gasteiger partial charge in [-0.15, -0.1) is 0 Å². The maximum Gasteiger partial charge on any atom is 0.251 e. The molecule has 1 aliphatic carbocycles. The van der Waals surface area contributed by atoms with Gasteiger partial charge in [-0.1, -0.05) is 0 Å². The van der Waals surface area contributed by atoms with Crippen LogP contribution in [0, 0.1) is 17.2 Å². The van der Waals surface area contributed by atoms with Crippen LogP contribution >= 0.6 is 0 Å². The second-order valence-corrected chi connectivity index (χ2v) is 7.95. The molecule has 2 amide bonds. The zero-order valence-electron chi connectivity index (χ0n) is 15.0. The molecule has 4 rings (SSSR count). The van der Waals surface area contributed by atoms with E-state index in [-0.39, 0.29) is 29.1 Å². The number of hydrogen-bond acceptors (Lipinski definition) is 3. The van der Waals surface area contributed by atoms with Gasteiger partial charge in [0, 0.05) is 30.6 Å². The van der Waals surface area contributed by atoms with E-state index in [2.05, 4.69) is 10.6 Å². The lowest BCUT2D eigenvalue weighted by Crippen LogP contribution is -2.47. The second kappa shape index (κ2) is 6.99. The number of likely N-dealkylation sites (tertiary alicyclic amines) is 1. The van der Waals surface area contributed by atoms with E-state index in [0.717, 1.165) is 45.2 Å². The van der Waals surface area contributed by atoms with Gasteiger partial charge in [0.15, 0.2) is 0 Å². The summed E-state index contributed by atoms with van der Waals surface area (Å²) in [5.74, 6) is 0.00996. The fraction of sp³-hybridized carbons (Fsp3) is 0.600. The van der Waals surface area contributed by atoms with Crippen molar-refractivity contribution in [2.75, 3.05) is 26.2 Å². The molecule has 0 aromatic heterocycles. The third kappa shape index (κ3) is 3.47. The van der Waals surface area contributed by atoms with Crippen molar-refractivity contribution in [1.29, 1.82) is 0 Å². The Kier molecular flexibility index (Phi) is 4.69. The molecule has 6 heteroatoms. The summed E-state index contributed by atoms with van der Waals surface area (Å²) in [4.78, 5) is 27.0. The first kappa shape index (κ1) is 17.5. The van der Waals surface area contributed by atoms with Crippen molar-refractivity contribution in [3.63, 3.8) is 0 Å². The smallest absolute Gasteiger partial charge is 0.251 e. The third-order valence-corrected chi connectivity index (χ3v) is 6.34. The second-order valence-electron chi connectivity index (χ2n) is 7.95. The van der Waals surface area contributed by atoms with Gasteiger partial charge in [0.05, 0.1) is 0 Å². The van der Waals surface area contributed by atoms with Crippen LogP contribution in [0.1, 0.15) is 42.5 Å². The van der Waals surface area contributed by atoms with E-state index in [1.54, 1.807) is 0 Å². The number of piperidine rings is 2. The van der Waals surface area contributed by atoms with Crippen LogP contribution in [0.3, 0.4) is 0 Å². The summed E-state index contributed by atoms with van der Waals surface area (Å²) in [7, 11) is 0. The molecular formula is C20H26FN3O2. The number of rotatable bonds is 3. The Bertz CT molecular complexity index is 677. The van der Waals surface area contributed by atoms with Gasteiger partial charge in [0.2, 0.25) is 5.91 Å². The SMILES string of the molecule is O=C(NC1CCN(C(=O)C2CC23CCNCC3)CC1)c1ccc(F)cc1. The van der Waals surface area contributed by atoms with Crippen molar-refractivity contribution in [1.82, 2.24) is 15.5 Å². The first-order chi connectivity index (χ1) is 12.6. The number of carbonyl (C=O) groups is 2. The van der Waals surface area contributed by atoms with Crippen molar-refractivity contribution in [3.05, 3.63) is 35.6 Å². The average Bonchev–Trinajstić information content (AvgIpc) is 3.35. The van der Waals surface area contributed by atoms with E-state index >= 15 is 0 Å². The minimum atomic E-state index is -0.347. The summed E-state index contributed by atoms with van der Waals surface area (Å²) >= 11 is 0. The maximum atomic E-state index is 13.0. The molecule has 1 unspecified atom stereocenters. The van der Waals surface area contributed by atoms with Crippen LogP contribution in [0.15, 0.2) is 24.3 Å². The summed E-state index contributed by atoms with van der Waals surface area (Å²) < 4.78 is 13.0. The summed E-state index contributed by atoms with van der Waals surface area (Å²) in [6.45, 7) is 3.47. The Labute approximate surface area is 153 Å². The normalized spacial score (nSPS) is 25.1. The monoisotopic (exact) mass is 359 g/mol. The third-order valence-electron chi connectivity index (χ3n) is 6.34. The molecular weight excluding hydrogens is 333 g/mol. The number of halogens is 1. The van der Waals surface area contributed by atoms with Gasteiger partial charge in [0.1, 0.15) is 5.82 Å². The van der Waals surface area contributed by atoms with E-state index in [4.69, 9.17) is 0 Å². The highest BCUT2D eigenvalue weighted by Gasteiger charge is 2.58. The van der Waals surface area contributed by atoms with Crippen molar-refractivity contribution in [2.24, 2.45) is 11.3 Å². The molecule has 2 aliphatic heterocycles. The Hall–Kier alpha value is -1.95. The van der Waals surface area contributed by atoms with Gasteiger partial charge in [0.25, 0.3) is 5.91 Å². The van der Waals surface area contributed by atoms with Crippen molar-refractivity contribution in [2.45, 2.75) is 38.1 Å². The molecule has 2 heterocycles. The van der Waals surface area contributed by atoms with Crippen LogP contribution in [-0.2, 0) is 4.79 Å². The standard InChI is InChI=1S/C20H26FN3O2/c21-15-3-1-14(2-4-15)18(25)23-16-5-11-24(12-6-16)19(26)17-13-20(17)7-9-22-10-8-20/h1-4,16-17,22H,5-13H2,(H,23,25). The molecule has 1 atom stereocenters. The van der Waals surface area contributed by atoms with E-state index in [0.29, 0.717) is 24.6 Å². The predicted molar refractivity (Wildman–Crippen MR) is 96.1 cm³/mol. The Balaban J connectivity index is 1.26. The molecule has 0 bridgehead atoms. The molecule has 3 fully saturated rings. The van der Waals surface area contributed by atoms with Gasteiger partial charge >= 0.3 is 0 Å². The number of benzene rings is 1. The quantitative estimate of drug-likeness (QED) is 0.867. The maximum absolute atomic E-state index is 13.0. The lowest BCUT2D eigenvalue weighted by atomic mass is 9.91. The van der Waals surface area contributed by atoms with Gasteiger partial charge in [-0.3, -0.25) is 9.59 Å². The molecule has 2 N–H and O–H groups in total. The fourth-order valence-electron chi connectivity index (χ4n) is 4.51. The van der Waals surface area contributed by atoms with E-state index in [1.807, 2.05) is 4.90 Å². The molecule has 1 saturated carbocycles. The summed E-state index contributed by atoms with van der Waals surface area (Å²) in [6.07, 6.45) is 4.84. The van der Waals surface area contributed by atoms with Gasteiger partial charge in [-0.05, 0) is 74.9 Å². The molecule has 5 nitrogen and oxygen atoms in total. The lowest BCUT2D eigenvalue weighted by Gasteiger charge is -2.33. The number of amides is 2. The largest absolute Gasteiger partial charge is 0.349 e. The van der Waals surface area contributed by atoms with Crippen LogP contribution in [0.4, 0.5) is 4.39 Å². The van der Waals surface area contributed by atoms with E-state index < -0.39 is 0 Å². The van der Waals surface area contributed by atoms with Crippen LogP contribution < -0.4 is 10.6 Å². The highest BCUT2D eigenvalue weighted by molar-refractivity contribution is 5.94. The Morgan fingerprint density at radius 1 is 1.12 bits per heavy atom. The Morgan fingerprint density at radius 3 is 2.42 bits per heavy atom. The number of nitrogens with zero attached hydrogens (tertiary/aromatic N) is 1. The van der Waals surface area contributed by atoms with Crippen LogP contribution in [0.2, 0.25) is 0 Å². The van der Waals surface area contributed by atoms with E-state index in [1.165, 1.54) is 24.3 Å². The zero-order valence-corrected chi connectivity index (χ0v) is 15.0. The van der Waals surface area contributed by atoms with Crippen molar-refractivity contribution in [3.8, 4) is 0 Å². The summed E-state index contributed by atoms with van der Waals surface area (Å²) in [6, 6.07) is 5.65. The van der Waals surface area contributed by atoms with Gasteiger partial charge in [-0.2, -0.15) is 0 Å². The van der Waals surface area contributed by atoms with Crippen molar-refractivity contribution < 1.29 is 14.0 Å². The fourth-order valence-corrected chi connectivity index (χ4v) is 4.51. The van der Waals surface area contributed by atoms with Gasteiger partial charge < -0.3 is 15.5 Å². The molecule has 3 aliphatic rings. The minimum Gasteiger partial charge on any atom is -0.349 e. The first-order valence-electron chi connectivity index (χ1n) is 9.63. The van der Waals surface area contributed by atoms with Crippen molar-refractivity contribution >= 4 is 11.8 Å². The topological polar surface area (TPSA) is 61.4 Å². The minimum absolute atomic E-state index is 0.0728. The predicted octanol–water partition coefficient (Wildman–Crippen LogP) is 1.94. The first-order valence-corrected chi connectivity index (χ1v) is 9.63. The summed E-state index contributed by atoms with van der Waals surface area (Å²) in [5.41, 5.74) is 0.742. The molecule has 1 aromatic rings. The van der Waals surface area contributed by atoms with Crippen LogP contribution in [0.25, 0.3) is 0 Å². The van der Waals surface area contributed by atoms with Crippen LogP contribution in [-0.4, -0.2) is 48.9 Å². The zero-order chi connectivity index (χ0) is 18.1. The molecule has 2 saturated heterocycles. The van der Waals surface area contributed by atoms with Crippen LogP contribution in [0.5, 0.6) is 0 Å². The highest BCUT2D eigenvalue weighted by atomic mass is 19.1. The highest BCUT2D eigenvalue weighted by Crippen LogP contribution is 2.59.